The number of hydrogen-bond donors (Lipinski definition) is 1. The van der Waals surface area contributed by atoms with E-state index in [-0.39, 0.29) is 6.04 Å². The quantitative estimate of drug-likeness (QED) is 0.732. The summed E-state index contributed by atoms with van der Waals surface area (Å²) < 4.78 is 7.61. The molecular weight excluding hydrogens is 336 g/mol. The number of nitrogens with one attached hydrogen (secondary N) is 1. The first kappa shape index (κ1) is 17.8. The number of hydrogen-bond acceptors (Lipinski definition) is 4. The first-order chi connectivity index (χ1) is 13.3. The topological polar surface area (TPSA) is 42.3 Å². The molecule has 140 valence electrons. The normalized spacial score (nSPS) is 16.2. The molecule has 2 heterocycles. The van der Waals surface area contributed by atoms with Gasteiger partial charge in [-0.3, -0.25) is 4.90 Å². The molecule has 2 aromatic carbocycles. The van der Waals surface area contributed by atoms with Crippen LogP contribution in [0, 0.1) is 0 Å². The molecule has 1 aliphatic rings. The van der Waals surface area contributed by atoms with Gasteiger partial charge in [0.1, 0.15) is 11.6 Å². The Balaban J connectivity index is 1.69. The number of piperazine rings is 1. The van der Waals surface area contributed by atoms with Crippen LogP contribution in [0.25, 0.3) is 0 Å². The van der Waals surface area contributed by atoms with E-state index in [1.807, 2.05) is 18.3 Å². The summed E-state index contributed by atoms with van der Waals surface area (Å²) in [6.07, 6.45) is 4.00. The van der Waals surface area contributed by atoms with Crippen LogP contribution in [0.3, 0.4) is 0 Å². The Bertz CT molecular complexity index is 838. The molecule has 0 radical (unpaired) electrons. The maximum Gasteiger partial charge on any atom is 0.130 e. The second kappa shape index (κ2) is 8.37. The van der Waals surface area contributed by atoms with Crippen LogP contribution in [0.15, 0.2) is 67.0 Å². The van der Waals surface area contributed by atoms with Crippen molar-refractivity contribution in [2.45, 2.75) is 12.6 Å². The van der Waals surface area contributed by atoms with Crippen molar-refractivity contribution in [1.82, 2.24) is 19.8 Å². The molecule has 27 heavy (non-hydrogen) atoms. The Morgan fingerprint density at radius 2 is 1.78 bits per heavy atom. The summed E-state index contributed by atoms with van der Waals surface area (Å²) >= 11 is 0. The van der Waals surface area contributed by atoms with Crippen molar-refractivity contribution in [1.29, 1.82) is 0 Å². The highest BCUT2D eigenvalue weighted by Gasteiger charge is 2.27. The Labute approximate surface area is 160 Å². The van der Waals surface area contributed by atoms with Gasteiger partial charge < -0.3 is 14.6 Å². The van der Waals surface area contributed by atoms with Crippen LogP contribution in [-0.2, 0) is 6.54 Å². The van der Waals surface area contributed by atoms with Crippen molar-refractivity contribution in [3.63, 3.8) is 0 Å². The van der Waals surface area contributed by atoms with Gasteiger partial charge in [-0.1, -0.05) is 42.5 Å². The molecule has 5 nitrogen and oxygen atoms in total. The van der Waals surface area contributed by atoms with Crippen molar-refractivity contribution in [2.24, 2.45) is 0 Å². The molecule has 1 atom stereocenters. The molecule has 1 unspecified atom stereocenters. The minimum absolute atomic E-state index is 0.136. The molecule has 1 fully saturated rings. The minimum atomic E-state index is 0.136. The van der Waals surface area contributed by atoms with E-state index in [2.05, 4.69) is 63.4 Å². The van der Waals surface area contributed by atoms with E-state index in [0.29, 0.717) is 0 Å². The lowest BCUT2D eigenvalue weighted by Crippen LogP contribution is -2.46. The van der Waals surface area contributed by atoms with E-state index in [1.54, 1.807) is 7.11 Å². The Hall–Kier alpha value is -2.63. The number of nitrogens with zero attached hydrogens (tertiary/aromatic N) is 3. The summed E-state index contributed by atoms with van der Waals surface area (Å²) in [5.41, 5.74) is 2.53. The maximum absolute atomic E-state index is 5.34. The number of aromatic nitrogens is 2. The molecule has 4 rings (SSSR count). The number of imidazole rings is 1. The van der Waals surface area contributed by atoms with E-state index in [9.17, 15) is 0 Å². The van der Waals surface area contributed by atoms with Crippen LogP contribution in [-0.4, -0.2) is 47.7 Å². The third kappa shape index (κ3) is 4.04. The highest BCUT2D eigenvalue weighted by Crippen LogP contribution is 2.29. The highest BCUT2D eigenvalue weighted by atomic mass is 16.5. The summed E-state index contributed by atoms with van der Waals surface area (Å²) in [5, 5.41) is 3.45. The third-order valence-electron chi connectivity index (χ3n) is 5.14. The zero-order valence-corrected chi connectivity index (χ0v) is 15.7. The predicted molar refractivity (Wildman–Crippen MR) is 107 cm³/mol. The van der Waals surface area contributed by atoms with Gasteiger partial charge in [0.25, 0.3) is 0 Å². The van der Waals surface area contributed by atoms with Gasteiger partial charge in [0, 0.05) is 45.1 Å². The summed E-state index contributed by atoms with van der Waals surface area (Å²) in [6, 6.07) is 19.1. The summed E-state index contributed by atoms with van der Waals surface area (Å²) in [4.78, 5) is 7.29. The fourth-order valence-electron chi connectivity index (χ4n) is 3.73. The maximum atomic E-state index is 5.34. The van der Waals surface area contributed by atoms with Crippen LogP contribution in [0.1, 0.15) is 23.0 Å². The monoisotopic (exact) mass is 362 g/mol. The Kier molecular flexibility index (Phi) is 5.51. The average molecular weight is 362 g/mol. The van der Waals surface area contributed by atoms with Crippen LogP contribution < -0.4 is 10.1 Å². The standard InChI is InChI=1S/C22H26N4O/c1-27-20-9-7-19(8-10-20)21(25-14-11-23-12-15-25)22-24-13-16-26(22)17-18-5-3-2-4-6-18/h2-10,13,16,21,23H,11-12,14-15,17H2,1H3. The SMILES string of the molecule is COc1ccc(C(c2nccn2Cc2ccccc2)N2CCNCC2)cc1. The van der Waals surface area contributed by atoms with Crippen molar-refractivity contribution in [3.8, 4) is 5.75 Å². The number of ether oxygens (including phenoxy) is 1. The smallest absolute Gasteiger partial charge is 0.130 e. The lowest BCUT2D eigenvalue weighted by atomic mass is 10.0. The van der Waals surface area contributed by atoms with E-state index in [0.717, 1.165) is 44.3 Å². The van der Waals surface area contributed by atoms with E-state index >= 15 is 0 Å². The minimum Gasteiger partial charge on any atom is -0.497 e. The highest BCUT2D eigenvalue weighted by molar-refractivity contribution is 5.32. The van der Waals surface area contributed by atoms with Crippen LogP contribution in [0.4, 0.5) is 0 Å². The van der Waals surface area contributed by atoms with Gasteiger partial charge in [0.15, 0.2) is 0 Å². The Morgan fingerprint density at radius 1 is 1.04 bits per heavy atom. The molecule has 3 aromatic rings. The molecule has 5 heteroatoms. The lowest BCUT2D eigenvalue weighted by Gasteiger charge is -2.35. The van der Waals surface area contributed by atoms with Gasteiger partial charge in [-0.15, -0.1) is 0 Å². The fourth-order valence-corrected chi connectivity index (χ4v) is 3.73. The largest absolute Gasteiger partial charge is 0.497 e. The molecule has 0 bridgehead atoms. The predicted octanol–water partition coefficient (Wildman–Crippen LogP) is 2.93. The summed E-state index contributed by atoms with van der Waals surface area (Å²) in [5.74, 6) is 1.97. The molecule has 1 N–H and O–H groups in total. The van der Waals surface area contributed by atoms with Crippen molar-refractivity contribution in [3.05, 3.63) is 83.9 Å². The van der Waals surface area contributed by atoms with E-state index in [4.69, 9.17) is 9.72 Å². The van der Waals surface area contributed by atoms with Crippen molar-refractivity contribution >= 4 is 0 Å². The molecule has 1 aromatic heterocycles. The zero-order valence-electron chi connectivity index (χ0n) is 15.7. The van der Waals surface area contributed by atoms with Gasteiger partial charge in [-0.25, -0.2) is 4.98 Å². The van der Waals surface area contributed by atoms with Crippen LogP contribution in [0.2, 0.25) is 0 Å². The summed E-state index contributed by atoms with van der Waals surface area (Å²) in [7, 11) is 1.70. The van der Waals surface area contributed by atoms with Gasteiger partial charge in [-0.05, 0) is 23.3 Å². The zero-order chi connectivity index (χ0) is 18.5. The van der Waals surface area contributed by atoms with Gasteiger partial charge in [0.05, 0.1) is 13.2 Å². The second-order valence-electron chi connectivity index (χ2n) is 6.86. The molecule has 1 aliphatic heterocycles. The number of benzene rings is 2. The molecular formula is C22H26N4O. The second-order valence-corrected chi connectivity index (χ2v) is 6.86. The van der Waals surface area contributed by atoms with Gasteiger partial charge in [0.2, 0.25) is 0 Å². The van der Waals surface area contributed by atoms with Crippen LogP contribution in [0.5, 0.6) is 5.75 Å². The molecule has 1 saturated heterocycles. The van der Waals surface area contributed by atoms with Gasteiger partial charge >= 0.3 is 0 Å². The van der Waals surface area contributed by atoms with E-state index in [1.165, 1.54) is 11.1 Å². The molecule has 0 saturated carbocycles. The third-order valence-corrected chi connectivity index (χ3v) is 5.14. The lowest BCUT2D eigenvalue weighted by molar-refractivity contribution is 0.189. The first-order valence-corrected chi connectivity index (χ1v) is 9.49. The average Bonchev–Trinajstić information content (AvgIpc) is 3.18. The van der Waals surface area contributed by atoms with Crippen molar-refractivity contribution < 1.29 is 4.74 Å². The molecule has 0 amide bonds. The van der Waals surface area contributed by atoms with Crippen LogP contribution >= 0.6 is 0 Å². The summed E-state index contributed by atoms with van der Waals surface area (Å²) in [6.45, 7) is 4.86. The van der Waals surface area contributed by atoms with Gasteiger partial charge in [-0.2, -0.15) is 0 Å². The molecule has 0 spiro atoms. The number of rotatable bonds is 6. The Morgan fingerprint density at radius 3 is 2.48 bits per heavy atom. The van der Waals surface area contributed by atoms with E-state index < -0.39 is 0 Å². The van der Waals surface area contributed by atoms with Crippen molar-refractivity contribution in [2.75, 3.05) is 33.3 Å². The molecule has 0 aliphatic carbocycles. The first-order valence-electron chi connectivity index (χ1n) is 9.49. The number of methoxy groups -OCH3 is 1. The fraction of sp³-hybridized carbons (Fsp3) is 0.318.